The van der Waals surface area contributed by atoms with E-state index in [0.717, 1.165) is 0 Å². The van der Waals surface area contributed by atoms with Crippen molar-refractivity contribution in [2.45, 2.75) is 13.0 Å². The summed E-state index contributed by atoms with van der Waals surface area (Å²) in [7, 11) is 0. The zero-order chi connectivity index (χ0) is 10.9. The molecule has 0 bridgehead atoms. The molecule has 0 aliphatic carbocycles. The first-order valence-corrected chi connectivity index (χ1v) is 4.82. The Morgan fingerprint density at radius 1 is 1.64 bits per heavy atom. The smallest absolute Gasteiger partial charge is 0.165 e. The van der Waals surface area contributed by atoms with Gasteiger partial charge in [0.05, 0.1) is 12.6 Å². The van der Waals surface area contributed by atoms with E-state index in [1.54, 1.807) is 6.92 Å². The van der Waals surface area contributed by atoms with E-state index in [-0.39, 0.29) is 12.2 Å². The van der Waals surface area contributed by atoms with Gasteiger partial charge in [-0.25, -0.2) is 4.39 Å². The van der Waals surface area contributed by atoms with Crippen LogP contribution in [0.1, 0.15) is 17.2 Å². The highest BCUT2D eigenvalue weighted by atomic mass is 79.9. The quantitative estimate of drug-likeness (QED) is 0.760. The number of phenolic OH excluding ortho intramolecular Hbond substituents is 1. The highest BCUT2D eigenvalue weighted by Crippen LogP contribution is 2.35. The second kappa shape index (κ2) is 4.25. The summed E-state index contributed by atoms with van der Waals surface area (Å²) in [5, 5.41) is 18.2. The van der Waals surface area contributed by atoms with Crippen LogP contribution in [0.5, 0.6) is 5.75 Å². The molecule has 1 aromatic rings. The lowest BCUT2D eigenvalue weighted by Crippen LogP contribution is -2.16. The molecule has 4 N–H and O–H groups in total. The first-order chi connectivity index (χ1) is 6.49. The number of aliphatic hydroxyl groups is 1. The average Bonchev–Trinajstić information content (AvgIpc) is 2.15. The van der Waals surface area contributed by atoms with Crippen LogP contribution in [0.2, 0.25) is 0 Å². The first kappa shape index (κ1) is 11.4. The maximum absolute atomic E-state index is 13.1. The van der Waals surface area contributed by atoms with Gasteiger partial charge in [0.2, 0.25) is 0 Å². The Hall–Kier alpha value is -0.650. The predicted molar refractivity (Wildman–Crippen MR) is 54.5 cm³/mol. The number of phenols is 1. The van der Waals surface area contributed by atoms with E-state index in [4.69, 9.17) is 10.8 Å². The number of aromatic hydroxyl groups is 1. The van der Waals surface area contributed by atoms with E-state index in [0.29, 0.717) is 10.0 Å². The fourth-order valence-corrected chi connectivity index (χ4v) is 1.79. The van der Waals surface area contributed by atoms with Crippen molar-refractivity contribution in [1.29, 1.82) is 0 Å². The molecule has 0 saturated carbocycles. The van der Waals surface area contributed by atoms with E-state index in [9.17, 15) is 9.50 Å². The van der Waals surface area contributed by atoms with Crippen LogP contribution in [-0.4, -0.2) is 16.8 Å². The molecule has 0 saturated heterocycles. The van der Waals surface area contributed by atoms with E-state index in [1.807, 2.05) is 0 Å². The lowest BCUT2D eigenvalue weighted by molar-refractivity contribution is 0.264. The summed E-state index contributed by atoms with van der Waals surface area (Å²) >= 11 is 3.19. The molecule has 1 aromatic carbocycles. The summed E-state index contributed by atoms with van der Waals surface area (Å²) in [6, 6.07) is 0.409. The van der Waals surface area contributed by atoms with Crippen LogP contribution in [0.3, 0.4) is 0 Å². The van der Waals surface area contributed by atoms with E-state index >= 15 is 0 Å². The standard InChI is InChI=1S/C9H11BrFNO2/c1-4-2-5(11)9(14)7(8(4)10)6(12)3-13/h2,6,13-14H,3,12H2,1H3. The molecule has 78 valence electrons. The minimum atomic E-state index is -0.793. The van der Waals surface area contributed by atoms with Crippen molar-refractivity contribution in [3.63, 3.8) is 0 Å². The highest BCUT2D eigenvalue weighted by molar-refractivity contribution is 9.10. The molecule has 0 heterocycles. The van der Waals surface area contributed by atoms with Gasteiger partial charge in [-0.3, -0.25) is 0 Å². The number of hydrogen-bond acceptors (Lipinski definition) is 3. The molecule has 14 heavy (non-hydrogen) atoms. The van der Waals surface area contributed by atoms with Crippen LogP contribution >= 0.6 is 15.9 Å². The number of benzene rings is 1. The van der Waals surface area contributed by atoms with Gasteiger partial charge >= 0.3 is 0 Å². The molecule has 1 rings (SSSR count). The molecular formula is C9H11BrFNO2. The van der Waals surface area contributed by atoms with Crippen molar-refractivity contribution >= 4 is 15.9 Å². The largest absolute Gasteiger partial charge is 0.505 e. The van der Waals surface area contributed by atoms with Gasteiger partial charge in [-0.05, 0) is 18.6 Å². The molecule has 5 heteroatoms. The third-order valence-electron chi connectivity index (χ3n) is 1.97. The third-order valence-corrected chi connectivity index (χ3v) is 3.03. The monoisotopic (exact) mass is 263 g/mol. The Bertz CT molecular complexity index is 331. The van der Waals surface area contributed by atoms with Gasteiger partial charge in [-0.15, -0.1) is 0 Å². The number of halogens is 2. The van der Waals surface area contributed by atoms with Crippen molar-refractivity contribution in [2.24, 2.45) is 5.73 Å². The van der Waals surface area contributed by atoms with Crippen molar-refractivity contribution in [1.82, 2.24) is 0 Å². The molecule has 0 aromatic heterocycles. The Morgan fingerprint density at radius 3 is 2.71 bits per heavy atom. The molecule has 1 unspecified atom stereocenters. The van der Waals surface area contributed by atoms with Crippen molar-refractivity contribution in [2.75, 3.05) is 6.61 Å². The number of aliphatic hydroxyl groups excluding tert-OH is 1. The average molecular weight is 264 g/mol. The molecular weight excluding hydrogens is 253 g/mol. The van der Waals surface area contributed by atoms with Crippen LogP contribution in [0, 0.1) is 12.7 Å². The maximum atomic E-state index is 13.1. The van der Waals surface area contributed by atoms with Gasteiger partial charge in [-0.1, -0.05) is 15.9 Å². The second-order valence-corrected chi connectivity index (χ2v) is 3.83. The predicted octanol–water partition coefficient (Wildman–Crippen LogP) is 1.59. The summed E-state index contributed by atoms with van der Waals surface area (Å²) < 4.78 is 13.6. The molecule has 1 atom stereocenters. The fraction of sp³-hybridized carbons (Fsp3) is 0.333. The van der Waals surface area contributed by atoms with Crippen LogP contribution < -0.4 is 5.73 Å². The SMILES string of the molecule is Cc1cc(F)c(O)c(C(N)CO)c1Br. The van der Waals surface area contributed by atoms with Gasteiger partial charge < -0.3 is 15.9 Å². The number of aryl methyl sites for hydroxylation is 1. The number of nitrogens with two attached hydrogens (primary N) is 1. The molecule has 3 nitrogen and oxygen atoms in total. The molecule has 0 radical (unpaired) electrons. The third kappa shape index (κ3) is 1.89. The zero-order valence-electron chi connectivity index (χ0n) is 7.59. The molecule has 0 spiro atoms. The van der Waals surface area contributed by atoms with E-state index in [2.05, 4.69) is 15.9 Å². The summed E-state index contributed by atoms with van der Waals surface area (Å²) in [4.78, 5) is 0. The number of hydrogen-bond donors (Lipinski definition) is 3. The van der Waals surface area contributed by atoms with Gasteiger partial charge in [0.15, 0.2) is 11.6 Å². The molecule has 0 amide bonds. The van der Waals surface area contributed by atoms with Crippen LogP contribution in [0.15, 0.2) is 10.5 Å². The fourth-order valence-electron chi connectivity index (χ4n) is 1.20. The zero-order valence-corrected chi connectivity index (χ0v) is 9.18. The Kier molecular flexibility index (Phi) is 3.47. The van der Waals surface area contributed by atoms with E-state index in [1.165, 1.54) is 6.07 Å². The lowest BCUT2D eigenvalue weighted by Gasteiger charge is -2.15. The highest BCUT2D eigenvalue weighted by Gasteiger charge is 2.19. The van der Waals surface area contributed by atoms with Crippen molar-refractivity contribution < 1.29 is 14.6 Å². The Labute approximate surface area is 89.5 Å². The van der Waals surface area contributed by atoms with E-state index < -0.39 is 17.6 Å². The van der Waals surface area contributed by atoms with Gasteiger partial charge in [0.25, 0.3) is 0 Å². The summed E-state index contributed by atoms with van der Waals surface area (Å²) in [6.45, 7) is 1.33. The Balaban J connectivity index is 3.39. The molecule has 0 fully saturated rings. The minimum absolute atomic E-state index is 0.199. The normalized spacial score (nSPS) is 12.9. The molecule has 0 aliphatic rings. The number of rotatable bonds is 2. The summed E-state index contributed by atoms with van der Waals surface area (Å²) in [5.41, 5.74) is 6.35. The maximum Gasteiger partial charge on any atom is 0.165 e. The van der Waals surface area contributed by atoms with Crippen molar-refractivity contribution in [3.8, 4) is 5.75 Å². The summed E-state index contributed by atoms with van der Waals surface area (Å²) in [5.74, 6) is -1.24. The van der Waals surface area contributed by atoms with Crippen molar-refractivity contribution in [3.05, 3.63) is 27.5 Å². The minimum Gasteiger partial charge on any atom is -0.505 e. The second-order valence-electron chi connectivity index (χ2n) is 3.04. The van der Waals surface area contributed by atoms with Gasteiger partial charge in [0, 0.05) is 10.0 Å². The van der Waals surface area contributed by atoms with Crippen LogP contribution in [0.4, 0.5) is 4.39 Å². The van der Waals surface area contributed by atoms with Crippen LogP contribution in [-0.2, 0) is 0 Å². The first-order valence-electron chi connectivity index (χ1n) is 4.03. The summed E-state index contributed by atoms with van der Waals surface area (Å²) in [6.07, 6.45) is 0. The van der Waals surface area contributed by atoms with Crippen LogP contribution in [0.25, 0.3) is 0 Å². The topological polar surface area (TPSA) is 66.5 Å². The van der Waals surface area contributed by atoms with Gasteiger partial charge in [-0.2, -0.15) is 0 Å². The van der Waals surface area contributed by atoms with Gasteiger partial charge in [0.1, 0.15) is 0 Å². The lowest BCUT2D eigenvalue weighted by atomic mass is 10.0. The molecule has 0 aliphatic heterocycles. The Morgan fingerprint density at radius 2 is 2.21 bits per heavy atom.